The van der Waals surface area contributed by atoms with Gasteiger partial charge in [0.15, 0.2) is 6.04 Å². The highest BCUT2D eigenvalue weighted by Crippen LogP contribution is 2.36. The average molecular weight is 215 g/mol. The fourth-order valence-corrected chi connectivity index (χ4v) is 1.72. The molecule has 0 bridgehead atoms. The Hall–Kier alpha value is -0.420. The molecule has 6 heteroatoms. The molecule has 0 aromatic heterocycles. The third-order valence-electron chi connectivity index (χ3n) is 1.89. The monoisotopic (exact) mass is 214 g/mol. The standard InChI is InChI=1S/C7H10ClF3N2/c1-3-4-5(8)6(7(9,10)11)13(2)12-4/h6,12H,3H2,1-2H3. The van der Waals surface area contributed by atoms with Gasteiger partial charge in [0, 0.05) is 12.7 Å². The number of hydrogen-bond acceptors (Lipinski definition) is 2. The van der Waals surface area contributed by atoms with Crippen molar-refractivity contribution in [2.75, 3.05) is 7.05 Å². The molecule has 0 aromatic carbocycles. The molecule has 1 aliphatic heterocycles. The van der Waals surface area contributed by atoms with E-state index < -0.39 is 12.2 Å². The molecule has 0 radical (unpaired) electrons. The first kappa shape index (κ1) is 10.7. The number of halogens is 4. The van der Waals surface area contributed by atoms with Crippen molar-refractivity contribution in [3.05, 3.63) is 10.7 Å². The molecule has 0 saturated heterocycles. The van der Waals surface area contributed by atoms with Crippen LogP contribution in [0, 0.1) is 0 Å². The normalized spacial score (nSPS) is 25.2. The maximum Gasteiger partial charge on any atom is 0.410 e. The maximum atomic E-state index is 12.4. The first-order valence-corrected chi connectivity index (χ1v) is 4.20. The highest BCUT2D eigenvalue weighted by Gasteiger charge is 2.48. The Balaban J connectivity index is 2.93. The van der Waals surface area contributed by atoms with E-state index >= 15 is 0 Å². The van der Waals surface area contributed by atoms with Crippen molar-refractivity contribution in [3.63, 3.8) is 0 Å². The lowest BCUT2D eigenvalue weighted by Crippen LogP contribution is -2.44. The van der Waals surface area contributed by atoms with Crippen molar-refractivity contribution in [2.45, 2.75) is 25.6 Å². The lowest BCUT2D eigenvalue weighted by molar-refractivity contribution is -0.169. The number of hydrogen-bond donors (Lipinski definition) is 1. The van der Waals surface area contributed by atoms with E-state index in [0.717, 1.165) is 5.01 Å². The van der Waals surface area contributed by atoms with Crippen molar-refractivity contribution in [2.24, 2.45) is 0 Å². The molecule has 0 saturated carbocycles. The van der Waals surface area contributed by atoms with Gasteiger partial charge < -0.3 is 5.43 Å². The summed E-state index contributed by atoms with van der Waals surface area (Å²) in [6.45, 7) is 1.75. The number of rotatable bonds is 1. The minimum absolute atomic E-state index is 0.155. The van der Waals surface area contributed by atoms with Gasteiger partial charge in [0.05, 0.1) is 5.03 Å². The van der Waals surface area contributed by atoms with Crippen LogP contribution in [-0.2, 0) is 0 Å². The van der Waals surface area contributed by atoms with Crippen LogP contribution in [0.4, 0.5) is 13.2 Å². The Morgan fingerprint density at radius 2 is 2.08 bits per heavy atom. The van der Waals surface area contributed by atoms with Gasteiger partial charge in [-0.25, -0.2) is 5.01 Å². The molecule has 13 heavy (non-hydrogen) atoms. The highest BCUT2D eigenvalue weighted by molar-refractivity contribution is 6.30. The van der Waals surface area contributed by atoms with Crippen molar-refractivity contribution < 1.29 is 13.2 Å². The second kappa shape index (κ2) is 3.38. The summed E-state index contributed by atoms with van der Waals surface area (Å²) in [7, 11) is 1.32. The van der Waals surface area contributed by atoms with Crippen molar-refractivity contribution in [3.8, 4) is 0 Å². The van der Waals surface area contributed by atoms with Gasteiger partial charge in [-0.05, 0) is 6.42 Å². The zero-order chi connectivity index (χ0) is 10.2. The summed E-state index contributed by atoms with van der Waals surface area (Å²) in [5.74, 6) is 0. The van der Waals surface area contributed by atoms with Gasteiger partial charge in [-0.2, -0.15) is 13.2 Å². The van der Waals surface area contributed by atoms with E-state index in [1.165, 1.54) is 7.05 Å². The molecule has 1 unspecified atom stereocenters. The smallest absolute Gasteiger partial charge is 0.321 e. The van der Waals surface area contributed by atoms with E-state index in [-0.39, 0.29) is 5.03 Å². The van der Waals surface area contributed by atoms with Crippen LogP contribution in [0.5, 0.6) is 0 Å². The van der Waals surface area contributed by atoms with Crippen LogP contribution in [0.3, 0.4) is 0 Å². The van der Waals surface area contributed by atoms with Crippen LogP contribution in [-0.4, -0.2) is 24.3 Å². The average Bonchev–Trinajstić information content (AvgIpc) is 2.24. The third-order valence-corrected chi connectivity index (χ3v) is 2.33. The minimum atomic E-state index is -4.32. The molecule has 0 amide bonds. The van der Waals surface area contributed by atoms with Crippen LogP contribution < -0.4 is 5.43 Å². The molecule has 1 aliphatic rings. The molecule has 0 fully saturated rings. The number of allylic oxidation sites excluding steroid dienone is 1. The number of likely N-dealkylation sites (N-methyl/N-ethyl adjacent to an activating group) is 1. The molecule has 1 atom stereocenters. The summed E-state index contributed by atoms with van der Waals surface area (Å²) in [5.41, 5.74) is 3.01. The maximum absolute atomic E-state index is 12.4. The zero-order valence-corrected chi connectivity index (χ0v) is 8.00. The Morgan fingerprint density at radius 1 is 1.54 bits per heavy atom. The van der Waals surface area contributed by atoms with E-state index in [1.54, 1.807) is 6.92 Å². The molecule has 2 nitrogen and oxygen atoms in total. The SMILES string of the molecule is CCC1=C(Cl)C(C(F)(F)F)N(C)N1. The fraction of sp³-hybridized carbons (Fsp3) is 0.714. The number of alkyl halides is 3. The zero-order valence-electron chi connectivity index (χ0n) is 7.24. The summed E-state index contributed by atoms with van der Waals surface area (Å²) < 4.78 is 37.1. The first-order valence-electron chi connectivity index (χ1n) is 3.82. The Labute approximate surface area is 79.3 Å². The Morgan fingerprint density at radius 3 is 2.31 bits per heavy atom. The van der Waals surface area contributed by atoms with Gasteiger partial charge >= 0.3 is 6.18 Å². The van der Waals surface area contributed by atoms with E-state index in [0.29, 0.717) is 12.1 Å². The Kier molecular flexibility index (Phi) is 2.77. The second-order valence-corrected chi connectivity index (χ2v) is 3.25. The van der Waals surface area contributed by atoms with Crippen molar-refractivity contribution >= 4 is 11.6 Å². The predicted octanol–water partition coefficient (Wildman–Crippen LogP) is 2.23. The van der Waals surface area contributed by atoms with E-state index in [2.05, 4.69) is 5.43 Å². The first-order chi connectivity index (χ1) is 5.88. The van der Waals surface area contributed by atoms with Crippen molar-refractivity contribution in [1.82, 2.24) is 10.4 Å². The molecule has 0 spiro atoms. The summed E-state index contributed by atoms with van der Waals surface area (Å²) in [6.07, 6.45) is -3.86. The van der Waals surface area contributed by atoms with Gasteiger partial charge in [-0.3, -0.25) is 0 Å². The van der Waals surface area contributed by atoms with Gasteiger partial charge in [-0.1, -0.05) is 18.5 Å². The topological polar surface area (TPSA) is 15.3 Å². The van der Waals surface area contributed by atoms with Gasteiger partial charge in [-0.15, -0.1) is 0 Å². The molecule has 76 valence electrons. The Bertz CT molecular complexity index is 236. The van der Waals surface area contributed by atoms with Crippen LogP contribution in [0.15, 0.2) is 10.7 Å². The number of nitrogens with zero attached hydrogens (tertiary/aromatic N) is 1. The third kappa shape index (κ3) is 1.91. The van der Waals surface area contributed by atoms with Crippen molar-refractivity contribution in [1.29, 1.82) is 0 Å². The largest absolute Gasteiger partial charge is 0.410 e. The summed E-state index contributed by atoms with van der Waals surface area (Å²) in [4.78, 5) is 0. The highest BCUT2D eigenvalue weighted by atomic mass is 35.5. The summed E-state index contributed by atoms with van der Waals surface area (Å²) >= 11 is 5.58. The van der Waals surface area contributed by atoms with E-state index in [4.69, 9.17) is 11.6 Å². The van der Waals surface area contributed by atoms with Gasteiger partial charge in [0.25, 0.3) is 0 Å². The predicted molar refractivity (Wildman–Crippen MR) is 43.9 cm³/mol. The van der Waals surface area contributed by atoms with Gasteiger partial charge in [0.2, 0.25) is 0 Å². The molecular formula is C7H10ClF3N2. The number of nitrogens with one attached hydrogen (secondary N) is 1. The molecule has 1 N–H and O–H groups in total. The van der Waals surface area contributed by atoms with Crippen LogP contribution in [0.2, 0.25) is 0 Å². The van der Waals surface area contributed by atoms with Gasteiger partial charge in [0.1, 0.15) is 0 Å². The van der Waals surface area contributed by atoms with Crippen LogP contribution >= 0.6 is 11.6 Å². The lowest BCUT2D eigenvalue weighted by atomic mass is 10.2. The molecular weight excluding hydrogens is 205 g/mol. The fourth-order valence-electron chi connectivity index (χ4n) is 1.28. The lowest BCUT2D eigenvalue weighted by Gasteiger charge is -2.22. The second-order valence-electron chi connectivity index (χ2n) is 2.85. The quantitative estimate of drug-likeness (QED) is 0.720. The minimum Gasteiger partial charge on any atom is -0.321 e. The summed E-state index contributed by atoms with van der Waals surface area (Å²) in [6, 6.07) is -1.70. The molecule has 0 aromatic rings. The van der Waals surface area contributed by atoms with Crippen LogP contribution in [0.1, 0.15) is 13.3 Å². The summed E-state index contributed by atoms with van der Waals surface area (Å²) in [5, 5.41) is 0.818. The molecule has 1 rings (SSSR count). The molecule has 0 aliphatic carbocycles. The van der Waals surface area contributed by atoms with Crippen LogP contribution in [0.25, 0.3) is 0 Å². The van der Waals surface area contributed by atoms with E-state index in [9.17, 15) is 13.2 Å². The molecule has 1 heterocycles. The number of hydrazine groups is 1. The van der Waals surface area contributed by atoms with E-state index in [1.807, 2.05) is 0 Å².